The summed E-state index contributed by atoms with van der Waals surface area (Å²) in [4.78, 5) is 27.8. The van der Waals surface area contributed by atoms with Crippen molar-refractivity contribution in [3.63, 3.8) is 0 Å². The van der Waals surface area contributed by atoms with E-state index in [2.05, 4.69) is 11.6 Å². The molecule has 8 nitrogen and oxygen atoms in total. The Kier molecular flexibility index (Phi) is 5.74. The molecule has 0 N–H and O–H groups in total. The number of aromatic nitrogens is 1. The Morgan fingerprint density at radius 3 is 2.66 bits per heavy atom. The number of thiazole rings is 1. The number of ether oxygens (including phenoxy) is 2. The van der Waals surface area contributed by atoms with Gasteiger partial charge in [-0.2, -0.15) is 4.99 Å². The maximum atomic E-state index is 14.3. The highest BCUT2D eigenvalue weighted by molar-refractivity contribution is 7.16. The van der Waals surface area contributed by atoms with E-state index in [0.717, 1.165) is 17.4 Å². The summed E-state index contributed by atoms with van der Waals surface area (Å²) in [5, 5.41) is 11.5. The van der Waals surface area contributed by atoms with Gasteiger partial charge in [-0.25, -0.2) is 4.39 Å². The summed E-state index contributed by atoms with van der Waals surface area (Å²) in [6, 6.07) is 6.86. The molecule has 0 aliphatic carbocycles. The van der Waals surface area contributed by atoms with Crippen LogP contribution in [0.25, 0.3) is 10.2 Å². The van der Waals surface area contributed by atoms with Crippen LogP contribution in [0.2, 0.25) is 0 Å². The SMILES string of the molecule is C=CCn1c(=NC(=O)c2cc(OC)c(OC)cc2[N+](=O)[O-])sc2cccc(F)c21. The van der Waals surface area contributed by atoms with Crippen molar-refractivity contribution in [2.45, 2.75) is 6.54 Å². The third-order valence-electron chi connectivity index (χ3n) is 4.09. The summed E-state index contributed by atoms with van der Waals surface area (Å²) < 4.78 is 26.6. The molecule has 150 valence electrons. The van der Waals surface area contributed by atoms with E-state index in [4.69, 9.17) is 9.47 Å². The summed E-state index contributed by atoms with van der Waals surface area (Å²) in [5.74, 6) is -1.06. The lowest BCUT2D eigenvalue weighted by atomic mass is 10.1. The number of carbonyl (C=O) groups is 1. The minimum absolute atomic E-state index is 0.112. The van der Waals surface area contributed by atoms with Gasteiger partial charge in [0.25, 0.3) is 11.6 Å². The molecule has 10 heteroatoms. The molecule has 0 aliphatic heterocycles. The van der Waals surface area contributed by atoms with E-state index < -0.39 is 22.3 Å². The van der Waals surface area contributed by atoms with Crippen molar-refractivity contribution in [1.29, 1.82) is 0 Å². The van der Waals surface area contributed by atoms with Gasteiger partial charge >= 0.3 is 0 Å². The fourth-order valence-corrected chi connectivity index (χ4v) is 3.86. The first-order chi connectivity index (χ1) is 13.9. The number of methoxy groups -OCH3 is 2. The van der Waals surface area contributed by atoms with Gasteiger partial charge in [-0.15, -0.1) is 6.58 Å². The third kappa shape index (κ3) is 3.74. The maximum Gasteiger partial charge on any atom is 0.286 e. The molecule has 2 aromatic carbocycles. The number of rotatable bonds is 6. The number of nitrogens with zero attached hydrogens (tertiary/aromatic N) is 3. The van der Waals surface area contributed by atoms with E-state index in [1.165, 1.54) is 30.9 Å². The molecule has 0 spiro atoms. The largest absolute Gasteiger partial charge is 0.493 e. The second-order valence-electron chi connectivity index (χ2n) is 5.77. The van der Waals surface area contributed by atoms with Crippen LogP contribution in [0.1, 0.15) is 10.4 Å². The second-order valence-corrected chi connectivity index (χ2v) is 6.78. The van der Waals surface area contributed by atoms with E-state index >= 15 is 0 Å². The number of hydrogen-bond acceptors (Lipinski definition) is 6. The smallest absolute Gasteiger partial charge is 0.286 e. The number of halogens is 1. The van der Waals surface area contributed by atoms with Gasteiger partial charge in [0.2, 0.25) is 0 Å². The van der Waals surface area contributed by atoms with Gasteiger partial charge in [0.05, 0.1) is 35.4 Å². The third-order valence-corrected chi connectivity index (χ3v) is 5.13. The topological polar surface area (TPSA) is 96.0 Å². The average molecular weight is 417 g/mol. The predicted octanol–water partition coefficient (Wildman–Crippen LogP) is 3.69. The van der Waals surface area contributed by atoms with E-state index in [1.807, 2.05) is 0 Å². The van der Waals surface area contributed by atoms with Crippen LogP contribution in [-0.4, -0.2) is 29.6 Å². The minimum atomic E-state index is -0.859. The Labute approximate surface area is 168 Å². The molecule has 3 aromatic rings. The number of fused-ring (bicyclic) bond motifs is 1. The van der Waals surface area contributed by atoms with Gasteiger partial charge < -0.3 is 14.0 Å². The lowest BCUT2D eigenvalue weighted by Gasteiger charge is -2.08. The van der Waals surface area contributed by atoms with Crippen molar-refractivity contribution in [3.8, 4) is 11.5 Å². The van der Waals surface area contributed by atoms with E-state index in [1.54, 1.807) is 18.2 Å². The molecule has 0 aliphatic rings. The fourth-order valence-electron chi connectivity index (χ4n) is 2.81. The van der Waals surface area contributed by atoms with Crippen LogP contribution in [0.3, 0.4) is 0 Å². The molecule has 0 radical (unpaired) electrons. The first-order valence-corrected chi connectivity index (χ1v) is 9.11. The van der Waals surface area contributed by atoms with Crippen molar-refractivity contribution >= 4 is 33.1 Å². The summed E-state index contributed by atoms with van der Waals surface area (Å²) in [5.41, 5.74) is -0.458. The number of para-hydroxylation sites is 1. The Bertz CT molecular complexity index is 1200. The number of allylic oxidation sites excluding steroid dienone is 1. The van der Waals surface area contributed by atoms with Gasteiger partial charge in [-0.1, -0.05) is 23.5 Å². The van der Waals surface area contributed by atoms with Crippen molar-refractivity contribution < 1.29 is 23.6 Å². The van der Waals surface area contributed by atoms with E-state index in [9.17, 15) is 19.3 Å². The molecule has 1 aromatic heterocycles. The van der Waals surface area contributed by atoms with Crippen LogP contribution in [0, 0.1) is 15.9 Å². The average Bonchev–Trinajstić information content (AvgIpc) is 3.05. The van der Waals surface area contributed by atoms with Crippen molar-refractivity contribution in [1.82, 2.24) is 4.57 Å². The van der Waals surface area contributed by atoms with Gasteiger partial charge in [0, 0.05) is 12.6 Å². The van der Waals surface area contributed by atoms with Gasteiger partial charge in [0.1, 0.15) is 11.4 Å². The molecule has 0 bridgehead atoms. The molecule has 3 rings (SSSR count). The Balaban J connectivity index is 2.24. The normalized spacial score (nSPS) is 11.5. The first-order valence-electron chi connectivity index (χ1n) is 8.29. The van der Waals surface area contributed by atoms with Crippen molar-refractivity contribution in [2.24, 2.45) is 4.99 Å². The zero-order chi connectivity index (χ0) is 21.1. The molecule has 0 atom stereocenters. The van der Waals surface area contributed by atoms with Gasteiger partial charge in [-0.05, 0) is 12.1 Å². The summed E-state index contributed by atoms with van der Waals surface area (Å²) >= 11 is 1.09. The first kappa shape index (κ1) is 20.2. The van der Waals surface area contributed by atoms with Crippen molar-refractivity contribution in [2.75, 3.05) is 14.2 Å². The fraction of sp³-hybridized carbons (Fsp3) is 0.158. The molecule has 0 saturated heterocycles. The van der Waals surface area contributed by atoms with Gasteiger partial charge in [0.15, 0.2) is 16.3 Å². The summed E-state index contributed by atoms with van der Waals surface area (Å²) in [6.45, 7) is 3.85. The van der Waals surface area contributed by atoms with Crippen LogP contribution < -0.4 is 14.3 Å². The zero-order valence-corrected chi connectivity index (χ0v) is 16.4. The van der Waals surface area contributed by atoms with Crippen LogP contribution in [0.5, 0.6) is 11.5 Å². The molecule has 0 saturated carbocycles. The highest BCUT2D eigenvalue weighted by atomic mass is 32.1. The van der Waals surface area contributed by atoms with Crippen LogP contribution in [-0.2, 0) is 6.54 Å². The maximum absolute atomic E-state index is 14.3. The number of hydrogen-bond donors (Lipinski definition) is 0. The zero-order valence-electron chi connectivity index (χ0n) is 15.5. The molecule has 0 fully saturated rings. The number of nitro groups is 1. The highest BCUT2D eigenvalue weighted by Gasteiger charge is 2.25. The summed E-state index contributed by atoms with van der Waals surface area (Å²) in [7, 11) is 2.68. The summed E-state index contributed by atoms with van der Waals surface area (Å²) in [6.07, 6.45) is 1.54. The number of amides is 1. The van der Waals surface area contributed by atoms with Crippen molar-refractivity contribution in [3.05, 3.63) is 69.3 Å². The molecule has 1 heterocycles. The highest BCUT2D eigenvalue weighted by Crippen LogP contribution is 2.34. The lowest BCUT2D eigenvalue weighted by molar-refractivity contribution is -0.385. The predicted molar refractivity (Wildman–Crippen MR) is 106 cm³/mol. The lowest BCUT2D eigenvalue weighted by Crippen LogP contribution is -2.17. The molecule has 1 amide bonds. The Morgan fingerprint density at radius 1 is 1.34 bits per heavy atom. The quantitative estimate of drug-likeness (QED) is 0.346. The monoisotopic (exact) mass is 417 g/mol. The molecule has 0 unspecified atom stereocenters. The van der Waals surface area contributed by atoms with Crippen LogP contribution in [0.4, 0.5) is 10.1 Å². The molecular weight excluding hydrogens is 401 g/mol. The number of benzene rings is 2. The molecule has 29 heavy (non-hydrogen) atoms. The van der Waals surface area contributed by atoms with Crippen LogP contribution >= 0.6 is 11.3 Å². The second kappa shape index (κ2) is 8.23. The van der Waals surface area contributed by atoms with E-state index in [-0.39, 0.29) is 33.9 Å². The van der Waals surface area contributed by atoms with Gasteiger partial charge in [-0.3, -0.25) is 14.9 Å². The number of nitro benzene ring substituents is 1. The minimum Gasteiger partial charge on any atom is -0.493 e. The Morgan fingerprint density at radius 2 is 2.03 bits per heavy atom. The van der Waals surface area contributed by atoms with E-state index in [0.29, 0.717) is 4.70 Å². The molecular formula is C19H16FN3O5S. The Hall–Kier alpha value is -3.53. The number of carbonyl (C=O) groups excluding carboxylic acids is 1. The standard InChI is InChI=1S/C19H16FN3O5S/c1-4-8-22-17-12(20)6-5-7-16(17)29-19(22)21-18(24)11-9-14(27-2)15(28-3)10-13(11)23(25)26/h4-7,9-10H,1,8H2,2-3H3. The van der Waals surface area contributed by atoms with Crippen LogP contribution in [0.15, 0.2) is 48.0 Å².